The fraction of sp³-hybridized carbons (Fsp3) is 0.345. The van der Waals surface area contributed by atoms with Gasteiger partial charge in [-0.15, -0.1) is 0 Å². The Balaban J connectivity index is 1.53. The average Bonchev–Trinajstić information content (AvgIpc) is 3.22. The summed E-state index contributed by atoms with van der Waals surface area (Å²) in [6, 6.07) is 20.4. The van der Waals surface area contributed by atoms with E-state index in [2.05, 4.69) is 13.8 Å². The average molecular weight is 561 g/mol. The molecule has 0 bridgehead atoms. The first-order chi connectivity index (χ1) is 17.5. The Labute approximate surface area is 229 Å². The van der Waals surface area contributed by atoms with Gasteiger partial charge in [0.05, 0.1) is 11.5 Å². The summed E-state index contributed by atoms with van der Waals surface area (Å²) in [6.45, 7) is 6.23. The Morgan fingerprint density at radius 2 is 1.68 bits per heavy atom. The van der Waals surface area contributed by atoms with Crippen LogP contribution in [-0.4, -0.2) is 42.9 Å². The fourth-order valence-corrected chi connectivity index (χ4v) is 6.79. The van der Waals surface area contributed by atoms with Crippen molar-refractivity contribution in [2.24, 2.45) is 0 Å². The van der Waals surface area contributed by atoms with Crippen molar-refractivity contribution in [2.75, 3.05) is 11.5 Å². The molecule has 1 amide bonds. The zero-order chi connectivity index (χ0) is 26.7. The number of nitrogens with zero attached hydrogens (tertiary/aromatic N) is 1. The predicted octanol–water partition coefficient (Wildman–Crippen LogP) is 6.77. The maximum atomic E-state index is 13.6. The molecule has 3 aromatic rings. The van der Waals surface area contributed by atoms with Crippen LogP contribution in [0.4, 0.5) is 0 Å². The number of carbonyl (C=O) groups is 1. The molecule has 0 N–H and O–H groups in total. The minimum atomic E-state index is -3.18. The Hall–Kier alpha value is -2.54. The van der Waals surface area contributed by atoms with Gasteiger partial charge in [0.15, 0.2) is 15.9 Å². The Morgan fingerprint density at radius 3 is 2.24 bits per heavy atom. The molecule has 0 saturated carbocycles. The van der Waals surface area contributed by atoms with Gasteiger partial charge in [0.2, 0.25) is 0 Å². The van der Waals surface area contributed by atoms with Gasteiger partial charge in [-0.1, -0.05) is 79.5 Å². The van der Waals surface area contributed by atoms with Crippen LogP contribution in [0.2, 0.25) is 10.0 Å². The van der Waals surface area contributed by atoms with Crippen molar-refractivity contribution in [3.05, 3.63) is 87.9 Å². The highest BCUT2D eigenvalue weighted by molar-refractivity contribution is 7.91. The molecule has 0 spiro atoms. The van der Waals surface area contributed by atoms with Crippen LogP contribution in [-0.2, 0) is 21.2 Å². The maximum Gasteiger partial charge on any atom is 0.263 e. The van der Waals surface area contributed by atoms with E-state index in [4.69, 9.17) is 27.9 Å². The van der Waals surface area contributed by atoms with Gasteiger partial charge in [-0.25, -0.2) is 8.42 Å². The highest BCUT2D eigenvalue weighted by Crippen LogP contribution is 2.31. The van der Waals surface area contributed by atoms with Gasteiger partial charge in [0.25, 0.3) is 5.91 Å². The van der Waals surface area contributed by atoms with E-state index >= 15 is 0 Å². The minimum absolute atomic E-state index is 0.0347. The molecule has 0 aromatic heterocycles. The molecule has 1 aliphatic heterocycles. The second kappa shape index (κ2) is 11.5. The number of ether oxygens (including phenoxy) is 1. The third-order valence-electron chi connectivity index (χ3n) is 6.69. The van der Waals surface area contributed by atoms with Crippen LogP contribution in [0.15, 0.2) is 66.7 Å². The van der Waals surface area contributed by atoms with Gasteiger partial charge < -0.3 is 9.64 Å². The molecule has 2 atom stereocenters. The molecule has 1 aliphatic rings. The predicted molar refractivity (Wildman–Crippen MR) is 150 cm³/mol. The lowest BCUT2D eigenvalue weighted by atomic mass is 10.0. The Bertz CT molecular complexity index is 1360. The number of rotatable bonds is 8. The molecule has 1 saturated heterocycles. The third-order valence-corrected chi connectivity index (χ3v) is 8.99. The third kappa shape index (κ3) is 6.86. The highest BCUT2D eigenvalue weighted by Gasteiger charge is 2.36. The lowest BCUT2D eigenvalue weighted by Gasteiger charge is -2.31. The van der Waals surface area contributed by atoms with Gasteiger partial charge in [-0.2, -0.15) is 0 Å². The first kappa shape index (κ1) is 27.5. The van der Waals surface area contributed by atoms with E-state index < -0.39 is 22.0 Å². The maximum absolute atomic E-state index is 13.6. The fourth-order valence-electron chi connectivity index (χ4n) is 4.54. The molecular weight excluding hydrogens is 529 g/mol. The molecule has 2 unspecified atom stereocenters. The van der Waals surface area contributed by atoms with Crippen molar-refractivity contribution in [1.82, 2.24) is 4.90 Å². The summed E-state index contributed by atoms with van der Waals surface area (Å²) in [6.07, 6.45) is -0.345. The van der Waals surface area contributed by atoms with Gasteiger partial charge >= 0.3 is 0 Å². The van der Waals surface area contributed by atoms with Crippen LogP contribution in [0, 0.1) is 0 Å². The topological polar surface area (TPSA) is 63.7 Å². The number of benzene rings is 3. The molecule has 1 heterocycles. The molecule has 3 aromatic carbocycles. The summed E-state index contributed by atoms with van der Waals surface area (Å²) < 4.78 is 30.4. The van der Waals surface area contributed by atoms with Crippen LogP contribution in [0.3, 0.4) is 0 Å². The lowest BCUT2D eigenvalue weighted by Crippen LogP contribution is -2.46. The number of sulfone groups is 1. The molecule has 4 rings (SSSR count). The summed E-state index contributed by atoms with van der Waals surface area (Å²) in [5, 5.41) is 1.12. The number of carbonyl (C=O) groups excluding carboxylic acids is 1. The normalized spacial score (nSPS) is 17.5. The van der Waals surface area contributed by atoms with E-state index in [1.54, 1.807) is 24.0 Å². The summed E-state index contributed by atoms with van der Waals surface area (Å²) in [7, 11) is -3.18. The van der Waals surface area contributed by atoms with E-state index in [1.807, 2.05) is 54.6 Å². The van der Waals surface area contributed by atoms with E-state index in [0.29, 0.717) is 28.1 Å². The van der Waals surface area contributed by atoms with Gasteiger partial charge in [-0.3, -0.25) is 4.79 Å². The largest absolute Gasteiger partial charge is 0.481 e. The SMILES string of the molecule is CC(Oc1ccc(C(C)C)cc1)C(=O)N(Cc1ccc(-c2ccc(Cl)cc2Cl)cc1)C1CCS(=O)(=O)C1. The molecule has 196 valence electrons. The summed E-state index contributed by atoms with van der Waals surface area (Å²) in [5.41, 5.74) is 3.86. The van der Waals surface area contributed by atoms with Crippen molar-refractivity contribution < 1.29 is 17.9 Å². The zero-order valence-electron chi connectivity index (χ0n) is 21.2. The van der Waals surface area contributed by atoms with Gasteiger partial charge in [0.1, 0.15) is 5.75 Å². The second-order valence-corrected chi connectivity index (χ2v) is 12.9. The smallest absolute Gasteiger partial charge is 0.263 e. The van der Waals surface area contributed by atoms with Crippen molar-refractivity contribution in [3.63, 3.8) is 0 Å². The highest BCUT2D eigenvalue weighted by atomic mass is 35.5. The van der Waals surface area contributed by atoms with Crippen LogP contribution in [0.5, 0.6) is 5.75 Å². The number of amides is 1. The molecule has 1 fully saturated rings. The first-order valence-corrected chi connectivity index (χ1v) is 14.9. The van der Waals surface area contributed by atoms with Gasteiger partial charge in [0, 0.05) is 28.2 Å². The second-order valence-electron chi connectivity index (χ2n) is 9.83. The van der Waals surface area contributed by atoms with Crippen molar-refractivity contribution in [3.8, 4) is 16.9 Å². The molecule has 37 heavy (non-hydrogen) atoms. The minimum Gasteiger partial charge on any atom is -0.481 e. The van der Waals surface area contributed by atoms with E-state index in [9.17, 15) is 13.2 Å². The summed E-state index contributed by atoms with van der Waals surface area (Å²) in [5.74, 6) is 0.817. The van der Waals surface area contributed by atoms with Crippen molar-refractivity contribution in [2.45, 2.75) is 51.8 Å². The van der Waals surface area contributed by atoms with E-state index in [0.717, 1.165) is 16.7 Å². The molecule has 0 radical (unpaired) electrons. The Kier molecular flexibility index (Phi) is 8.52. The lowest BCUT2D eigenvalue weighted by molar-refractivity contribution is -0.140. The molecule has 0 aliphatic carbocycles. The quantitative estimate of drug-likeness (QED) is 0.305. The number of halogens is 2. The monoisotopic (exact) mass is 559 g/mol. The molecule has 5 nitrogen and oxygen atoms in total. The van der Waals surface area contributed by atoms with Crippen LogP contribution < -0.4 is 4.74 Å². The molecule has 8 heteroatoms. The van der Waals surface area contributed by atoms with Crippen LogP contribution in [0.1, 0.15) is 44.2 Å². The Morgan fingerprint density at radius 1 is 1.00 bits per heavy atom. The zero-order valence-corrected chi connectivity index (χ0v) is 23.5. The summed E-state index contributed by atoms with van der Waals surface area (Å²) >= 11 is 12.4. The summed E-state index contributed by atoms with van der Waals surface area (Å²) in [4.78, 5) is 15.2. The standard InChI is InChI=1S/C29H31Cl2NO4S/c1-19(2)22-8-11-26(12-9-22)36-20(3)29(33)32(25-14-15-37(34,35)18-25)17-21-4-6-23(7-5-21)27-13-10-24(30)16-28(27)31/h4-13,16,19-20,25H,14-15,17-18H2,1-3H3. The number of hydrogen-bond donors (Lipinski definition) is 0. The van der Waals surface area contributed by atoms with Crippen LogP contribution in [0.25, 0.3) is 11.1 Å². The van der Waals surface area contributed by atoms with Crippen molar-refractivity contribution in [1.29, 1.82) is 0 Å². The first-order valence-electron chi connectivity index (χ1n) is 12.3. The van der Waals surface area contributed by atoms with Crippen molar-refractivity contribution >= 4 is 38.9 Å². The van der Waals surface area contributed by atoms with E-state index in [-0.39, 0.29) is 24.0 Å². The number of hydrogen-bond acceptors (Lipinski definition) is 4. The molecular formula is C29H31Cl2NO4S. The van der Waals surface area contributed by atoms with Crippen LogP contribution >= 0.6 is 23.2 Å². The van der Waals surface area contributed by atoms with E-state index in [1.165, 1.54) is 5.56 Å². The van der Waals surface area contributed by atoms with Gasteiger partial charge in [-0.05, 0) is 60.2 Å².